The summed E-state index contributed by atoms with van der Waals surface area (Å²) in [4.78, 5) is 8.77. The van der Waals surface area contributed by atoms with Gasteiger partial charge in [-0.15, -0.1) is 13.2 Å². The van der Waals surface area contributed by atoms with Crippen molar-refractivity contribution in [3.8, 4) is 17.0 Å². The fourth-order valence-electron chi connectivity index (χ4n) is 2.63. The van der Waals surface area contributed by atoms with Crippen LogP contribution in [-0.4, -0.2) is 34.1 Å². The summed E-state index contributed by atoms with van der Waals surface area (Å²) in [6.45, 7) is 3.59. The van der Waals surface area contributed by atoms with E-state index in [4.69, 9.17) is 0 Å². The number of halogens is 3. The number of nitrogens with one attached hydrogen (secondary N) is 2. The minimum atomic E-state index is -4.79. The molecule has 0 bridgehead atoms. The molecule has 2 aromatic carbocycles. The van der Waals surface area contributed by atoms with Gasteiger partial charge in [0.1, 0.15) is 11.6 Å². The highest BCUT2D eigenvalue weighted by atomic mass is 19.4. The first-order chi connectivity index (χ1) is 14.2. The van der Waals surface area contributed by atoms with E-state index in [1.54, 1.807) is 19.1 Å². The Morgan fingerprint density at radius 2 is 1.80 bits per heavy atom. The van der Waals surface area contributed by atoms with Gasteiger partial charge in [-0.25, -0.2) is 4.98 Å². The molecule has 30 heavy (non-hydrogen) atoms. The molecule has 3 N–H and O–H groups in total. The van der Waals surface area contributed by atoms with Crippen LogP contribution in [0.2, 0.25) is 0 Å². The lowest BCUT2D eigenvalue weighted by molar-refractivity contribution is -0.274. The third-order valence-electron chi connectivity index (χ3n) is 4.06. The highest BCUT2D eigenvalue weighted by molar-refractivity contribution is 5.68. The maximum atomic E-state index is 12.6. The number of aliphatic hydroxyl groups excluding tert-OH is 1. The van der Waals surface area contributed by atoms with E-state index < -0.39 is 6.36 Å². The number of hydrogen-bond acceptors (Lipinski definition) is 6. The van der Waals surface area contributed by atoms with Crippen LogP contribution in [0.25, 0.3) is 11.3 Å². The van der Waals surface area contributed by atoms with Crippen molar-refractivity contribution in [1.29, 1.82) is 0 Å². The van der Waals surface area contributed by atoms with Gasteiger partial charge in [0.25, 0.3) is 0 Å². The molecule has 158 valence electrons. The van der Waals surface area contributed by atoms with E-state index in [0.717, 1.165) is 11.3 Å². The van der Waals surface area contributed by atoms with E-state index in [0.29, 0.717) is 17.1 Å². The molecule has 0 saturated heterocycles. The number of ether oxygens (including phenoxy) is 1. The Morgan fingerprint density at radius 1 is 1.07 bits per heavy atom. The van der Waals surface area contributed by atoms with Gasteiger partial charge in [-0.1, -0.05) is 29.8 Å². The molecule has 0 amide bonds. The summed E-state index contributed by atoms with van der Waals surface area (Å²) >= 11 is 0. The summed E-state index contributed by atoms with van der Waals surface area (Å²) in [6, 6.07) is 14.5. The van der Waals surface area contributed by atoms with Gasteiger partial charge in [-0.2, -0.15) is 4.98 Å². The second kappa shape index (κ2) is 9.00. The average Bonchev–Trinajstić information content (AvgIpc) is 2.68. The SMILES string of the molecule is Cc1ccc(Nc2cc(-c3cccc(OC(F)(F)F)c3)nc(N[C@H](C)CO)n2)cc1. The summed E-state index contributed by atoms with van der Waals surface area (Å²) < 4.78 is 41.7. The first kappa shape index (κ1) is 21.4. The number of anilines is 3. The van der Waals surface area contributed by atoms with Crippen molar-refractivity contribution >= 4 is 17.5 Å². The maximum Gasteiger partial charge on any atom is 0.573 e. The molecule has 6 nitrogen and oxygen atoms in total. The third kappa shape index (κ3) is 6.08. The molecule has 3 aromatic rings. The van der Waals surface area contributed by atoms with Crippen molar-refractivity contribution in [2.75, 3.05) is 17.2 Å². The Balaban J connectivity index is 1.97. The first-order valence-corrected chi connectivity index (χ1v) is 9.18. The monoisotopic (exact) mass is 418 g/mol. The van der Waals surface area contributed by atoms with Crippen molar-refractivity contribution in [3.63, 3.8) is 0 Å². The molecular formula is C21H21F3N4O2. The lowest BCUT2D eigenvalue weighted by atomic mass is 10.1. The van der Waals surface area contributed by atoms with E-state index in [1.807, 2.05) is 31.2 Å². The number of alkyl halides is 3. The van der Waals surface area contributed by atoms with E-state index in [1.165, 1.54) is 18.2 Å². The number of aryl methyl sites for hydroxylation is 1. The van der Waals surface area contributed by atoms with Gasteiger partial charge in [0, 0.05) is 23.4 Å². The largest absolute Gasteiger partial charge is 0.573 e. The number of aliphatic hydroxyl groups is 1. The second-order valence-corrected chi connectivity index (χ2v) is 6.76. The molecule has 0 saturated carbocycles. The summed E-state index contributed by atoms with van der Waals surface area (Å²) in [5.41, 5.74) is 2.70. The fraction of sp³-hybridized carbons (Fsp3) is 0.238. The number of hydrogen-bond donors (Lipinski definition) is 3. The summed E-state index contributed by atoms with van der Waals surface area (Å²) in [5, 5.41) is 15.4. The van der Waals surface area contributed by atoms with Crippen molar-refractivity contribution < 1.29 is 23.0 Å². The van der Waals surface area contributed by atoms with Crippen LogP contribution < -0.4 is 15.4 Å². The Labute approximate surface area is 171 Å². The van der Waals surface area contributed by atoms with Crippen LogP contribution in [0.1, 0.15) is 12.5 Å². The second-order valence-electron chi connectivity index (χ2n) is 6.76. The quantitative estimate of drug-likeness (QED) is 0.507. The molecule has 0 spiro atoms. The van der Waals surface area contributed by atoms with Gasteiger partial charge in [0.2, 0.25) is 5.95 Å². The van der Waals surface area contributed by atoms with Crippen LogP contribution in [0.4, 0.5) is 30.6 Å². The molecule has 9 heteroatoms. The molecule has 0 fully saturated rings. The van der Waals surface area contributed by atoms with Crippen LogP contribution in [-0.2, 0) is 0 Å². The average molecular weight is 418 g/mol. The zero-order valence-corrected chi connectivity index (χ0v) is 16.4. The number of rotatable bonds is 7. The molecule has 0 aliphatic carbocycles. The Hall–Kier alpha value is -3.33. The molecule has 1 atom stereocenters. The smallest absolute Gasteiger partial charge is 0.406 e. The van der Waals surface area contributed by atoms with Crippen LogP contribution in [0.5, 0.6) is 5.75 Å². The van der Waals surface area contributed by atoms with Gasteiger partial charge in [-0.3, -0.25) is 0 Å². The van der Waals surface area contributed by atoms with Crippen LogP contribution in [0.3, 0.4) is 0 Å². The summed E-state index contributed by atoms with van der Waals surface area (Å²) in [6.07, 6.45) is -4.79. The van der Waals surface area contributed by atoms with Crippen LogP contribution in [0, 0.1) is 6.92 Å². The number of aromatic nitrogens is 2. The maximum absolute atomic E-state index is 12.6. The summed E-state index contributed by atoms with van der Waals surface area (Å²) in [7, 11) is 0. The van der Waals surface area contributed by atoms with Crippen molar-refractivity contribution in [1.82, 2.24) is 9.97 Å². The van der Waals surface area contributed by atoms with Crippen molar-refractivity contribution in [2.24, 2.45) is 0 Å². The number of benzene rings is 2. The standard InChI is InChI=1S/C21H21F3N4O2/c1-13-6-8-16(9-7-13)26-19-11-18(27-20(28-19)25-14(2)12-29)15-4-3-5-17(10-15)30-21(22,23)24/h3-11,14,29H,12H2,1-2H3,(H2,25,26,27,28)/t14-/m1/s1. The van der Waals surface area contributed by atoms with Crippen LogP contribution in [0.15, 0.2) is 54.6 Å². The molecule has 0 unspecified atom stereocenters. The lowest BCUT2D eigenvalue weighted by Gasteiger charge is -2.15. The zero-order valence-electron chi connectivity index (χ0n) is 16.4. The first-order valence-electron chi connectivity index (χ1n) is 9.18. The molecule has 3 rings (SSSR count). The Kier molecular flexibility index (Phi) is 6.41. The highest BCUT2D eigenvalue weighted by Crippen LogP contribution is 2.29. The minimum Gasteiger partial charge on any atom is -0.406 e. The van der Waals surface area contributed by atoms with Crippen molar-refractivity contribution in [3.05, 3.63) is 60.2 Å². The predicted molar refractivity (Wildman–Crippen MR) is 109 cm³/mol. The molecule has 1 heterocycles. The van der Waals surface area contributed by atoms with E-state index in [-0.39, 0.29) is 24.3 Å². The number of nitrogens with zero attached hydrogens (tertiary/aromatic N) is 2. The molecule has 0 aliphatic heterocycles. The summed E-state index contributed by atoms with van der Waals surface area (Å²) in [5.74, 6) is 0.328. The molecule has 1 aromatic heterocycles. The fourth-order valence-corrected chi connectivity index (χ4v) is 2.63. The molecule has 0 aliphatic rings. The van der Waals surface area contributed by atoms with Crippen molar-refractivity contribution in [2.45, 2.75) is 26.3 Å². The molecular weight excluding hydrogens is 397 g/mol. The Morgan fingerprint density at radius 3 is 2.47 bits per heavy atom. The Bertz CT molecular complexity index is 994. The third-order valence-corrected chi connectivity index (χ3v) is 4.06. The van der Waals surface area contributed by atoms with E-state index >= 15 is 0 Å². The van der Waals surface area contributed by atoms with Gasteiger partial charge in [-0.05, 0) is 38.1 Å². The van der Waals surface area contributed by atoms with Crippen LogP contribution >= 0.6 is 0 Å². The predicted octanol–water partition coefficient (Wildman–Crippen LogP) is 4.89. The topological polar surface area (TPSA) is 79.3 Å². The highest BCUT2D eigenvalue weighted by Gasteiger charge is 2.31. The van der Waals surface area contributed by atoms with E-state index in [9.17, 15) is 18.3 Å². The van der Waals surface area contributed by atoms with Gasteiger partial charge >= 0.3 is 6.36 Å². The van der Waals surface area contributed by atoms with Gasteiger partial charge < -0.3 is 20.5 Å². The minimum absolute atomic E-state index is 0.136. The van der Waals surface area contributed by atoms with Gasteiger partial charge in [0.05, 0.1) is 12.3 Å². The van der Waals surface area contributed by atoms with E-state index in [2.05, 4.69) is 25.3 Å². The normalized spacial score (nSPS) is 12.3. The molecule has 0 radical (unpaired) electrons. The zero-order chi connectivity index (χ0) is 21.7. The lowest BCUT2D eigenvalue weighted by Crippen LogP contribution is -2.21. The van der Waals surface area contributed by atoms with Gasteiger partial charge in [0.15, 0.2) is 0 Å².